The first-order chi connectivity index (χ1) is 7.52. The Balaban J connectivity index is 2.39. The first-order valence-corrected chi connectivity index (χ1v) is 6.91. The normalized spacial score (nSPS) is 29.6. The van der Waals surface area contributed by atoms with Crippen LogP contribution in [0.5, 0.6) is 0 Å². The molecule has 0 aliphatic carbocycles. The molecule has 0 aromatic heterocycles. The highest BCUT2D eigenvalue weighted by Crippen LogP contribution is 2.45. The molecule has 2 unspecified atom stereocenters. The molecule has 1 saturated heterocycles. The molecule has 0 spiro atoms. The van der Waals surface area contributed by atoms with Crippen LogP contribution in [0, 0.1) is 5.92 Å². The summed E-state index contributed by atoms with van der Waals surface area (Å²) >= 11 is 3.64. The van der Waals surface area contributed by atoms with Gasteiger partial charge in [0.1, 0.15) is 5.76 Å². The highest BCUT2D eigenvalue weighted by Gasteiger charge is 2.48. The Morgan fingerprint density at radius 1 is 1.38 bits per heavy atom. The number of esters is 1. The van der Waals surface area contributed by atoms with Crippen LogP contribution in [0.4, 0.5) is 0 Å². The summed E-state index contributed by atoms with van der Waals surface area (Å²) in [5.41, 5.74) is 0. The average Bonchev–Trinajstić information content (AvgIpc) is 2.43. The summed E-state index contributed by atoms with van der Waals surface area (Å²) in [5.74, 6) is 0.307. The van der Waals surface area contributed by atoms with E-state index >= 15 is 0 Å². The van der Waals surface area contributed by atoms with Gasteiger partial charge in [0.25, 0.3) is 0 Å². The second kappa shape index (κ2) is 5.85. The van der Waals surface area contributed by atoms with E-state index in [0.29, 0.717) is 5.76 Å². The van der Waals surface area contributed by atoms with Crippen molar-refractivity contribution in [2.24, 2.45) is 5.92 Å². The largest absolute Gasteiger partial charge is 0.430 e. The van der Waals surface area contributed by atoms with Crippen LogP contribution in [-0.2, 0) is 9.53 Å². The number of hydrogen-bond donors (Lipinski definition) is 0. The number of allylic oxidation sites excluding steroid dienone is 1. The van der Waals surface area contributed by atoms with E-state index in [0.717, 1.165) is 12.8 Å². The lowest BCUT2D eigenvalue weighted by Crippen LogP contribution is -2.27. The van der Waals surface area contributed by atoms with Crippen molar-refractivity contribution >= 4 is 21.9 Å². The van der Waals surface area contributed by atoms with Gasteiger partial charge in [0, 0.05) is 0 Å². The van der Waals surface area contributed by atoms with Gasteiger partial charge in [0.15, 0.2) is 0 Å². The number of halogens is 1. The maximum Gasteiger partial charge on any atom is 0.315 e. The predicted molar refractivity (Wildman–Crippen MR) is 69.4 cm³/mol. The molecule has 0 saturated carbocycles. The van der Waals surface area contributed by atoms with Crippen LogP contribution in [0.2, 0.25) is 0 Å². The smallest absolute Gasteiger partial charge is 0.315 e. The topological polar surface area (TPSA) is 26.3 Å². The lowest BCUT2D eigenvalue weighted by molar-refractivity contribution is -0.138. The molecule has 0 N–H and O–H groups in total. The Labute approximate surface area is 107 Å². The molecule has 92 valence electrons. The molecule has 0 radical (unpaired) electrons. The molecule has 1 rings (SSSR count). The summed E-state index contributed by atoms with van der Waals surface area (Å²) in [7, 11) is 0. The van der Waals surface area contributed by atoms with Gasteiger partial charge in [-0.2, -0.15) is 0 Å². The molecule has 3 heteroatoms. The number of ether oxygens (including phenoxy) is 1. The minimum Gasteiger partial charge on any atom is -0.430 e. The summed E-state index contributed by atoms with van der Waals surface area (Å²) in [6, 6.07) is 0. The number of cyclic esters (lactones) is 1. The quantitative estimate of drug-likeness (QED) is 0.416. The van der Waals surface area contributed by atoms with E-state index in [4.69, 9.17) is 4.74 Å². The third-order valence-electron chi connectivity index (χ3n) is 3.37. The monoisotopic (exact) mass is 288 g/mol. The molecule has 0 aromatic rings. The van der Waals surface area contributed by atoms with Crippen LogP contribution in [0.15, 0.2) is 12.3 Å². The zero-order valence-electron chi connectivity index (χ0n) is 10.2. The lowest BCUT2D eigenvalue weighted by Gasteiger charge is -2.23. The van der Waals surface area contributed by atoms with Gasteiger partial charge in [-0.1, -0.05) is 68.5 Å². The van der Waals surface area contributed by atoms with Crippen molar-refractivity contribution < 1.29 is 9.53 Å². The Morgan fingerprint density at radius 2 is 2.00 bits per heavy atom. The number of alkyl halides is 1. The van der Waals surface area contributed by atoms with Gasteiger partial charge in [0.2, 0.25) is 0 Å². The molecule has 0 amide bonds. The molecule has 2 nitrogen and oxygen atoms in total. The van der Waals surface area contributed by atoms with Gasteiger partial charge in [0.05, 0.1) is 10.2 Å². The summed E-state index contributed by atoms with van der Waals surface area (Å²) in [6.07, 6.45) is 7.09. The van der Waals surface area contributed by atoms with E-state index in [2.05, 4.69) is 29.4 Å². The summed E-state index contributed by atoms with van der Waals surface area (Å²) in [6.45, 7) is 7.95. The second-order valence-electron chi connectivity index (χ2n) is 4.59. The lowest BCUT2D eigenvalue weighted by atomic mass is 9.89. The number of carbonyl (C=O) groups is 1. The van der Waals surface area contributed by atoms with Gasteiger partial charge in [-0.3, -0.25) is 4.79 Å². The van der Waals surface area contributed by atoms with Crippen molar-refractivity contribution in [3.05, 3.63) is 12.3 Å². The SMILES string of the molecule is C=C1OC(=O)C(C)C1(Br)CCCCCCC. The fraction of sp³-hybridized carbons (Fsp3) is 0.769. The van der Waals surface area contributed by atoms with Gasteiger partial charge >= 0.3 is 5.97 Å². The maximum absolute atomic E-state index is 11.4. The Hall–Kier alpha value is -0.310. The van der Waals surface area contributed by atoms with E-state index < -0.39 is 0 Å². The highest BCUT2D eigenvalue weighted by atomic mass is 79.9. The van der Waals surface area contributed by atoms with Crippen molar-refractivity contribution in [1.82, 2.24) is 0 Å². The molecule has 1 aliphatic heterocycles. The standard InChI is InChI=1S/C13H21BrO2/c1-4-5-6-7-8-9-13(14)10(2)12(15)16-11(13)3/h10H,3-9H2,1-2H3. The third-order valence-corrected chi connectivity index (χ3v) is 4.90. The Kier molecular flexibility index (Phi) is 5.03. The van der Waals surface area contributed by atoms with Crippen molar-refractivity contribution in [1.29, 1.82) is 0 Å². The molecule has 0 aromatic carbocycles. The fourth-order valence-corrected chi connectivity index (χ4v) is 2.61. The van der Waals surface area contributed by atoms with Crippen LogP contribution in [-0.4, -0.2) is 10.3 Å². The van der Waals surface area contributed by atoms with Crippen LogP contribution in [0.3, 0.4) is 0 Å². The predicted octanol–water partition coefficient (Wildman–Crippen LogP) is 4.19. The molecule has 1 aliphatic rings. The molecular formula is C13H21BrO2. The number of unbranched alkanes of at least 4 members (excludes halogenated alkanes) is 4. The van der Waals surface area contributed by atoms with Gasteiger partial charge < -0.3 is 4.74 Å². The molecule has 0 bridgehead atoms. The fourth-order valence-electron chi connectivity index (χ4n) is 2.06. The molecule has 1 heterocycles. The van der Waals surface area contributed by atoms with Crippen molar-refractivity contribution in [3.8, 4) is 0 Å². The van der Waals surface area contributed by atoms with Crippen LogP contribution in [0.1, 0.15) is 52.4 Å². The van der Waals surface area contributed by atoms with Crippen LogP contribution < -0.4 is 0 Å². The average molecular weight is 289 g/mol. The number of carbonyl (C=O) groups excluding carboxylic acids is 1. The Morgan fingerprint density at radius 3 is 2.50 bits per heavy atom. The summed E-state index contributed by atoms with van der Waals surface area (Å²) < 4.78 is 4.76. The first kappa shape index (κ1) is 13.8. The summed E-state index contributed by atoms with van der Waals surface area (Å²) in [4.78, 5) is 11.4. The second-order valence-corrected chi connectivity index (χ2v) is 6.01. The maximum atomic E-state index is 11.4. The van der Waals surface area contributed by atoms with Crippen LogP contribution >= 0.6 is 15.9 Å². The van der Waals surface area contributed by atoms with E-state index in [1.165, 1.54) is 25.7 Å². The Bertz CT molecular complexity index is 275. The minimum absolute atomic E-state index is 0.119. The molecule has 1 fully saturated rings. The van der Waals surface area contributed by atoms with E-state index in [-0.39, 0.29) is 16.2 Å². The van der Waals surface area contributed by atoms with Gasteiger partial charge in [-0.15, -0.1) is 0 Å². The zero-order valence-corrected chi connectivity index (χ0v) is 11.8. The first-order valence-electron chi connectivity index (χ1n) is 6.12. The van der Waals surface area contributed by atoms with Gasteiger partial charge in [-0.25, -0.2) is 0 Å². The van der Waals surface area contributed by atoms with Gasteiger partial charge in [-0.05, 0) is 6.42 Å². The molecular weight excluding hydrogens is 268 g/mol. The molecule has 16 heavy (non-hydrogen) atoms. The minimum atomic E-state index is -0.323. The van der Waals surface area contributed by atoms with Crippen molar-refractivity contribution in [2.75, 3.05) is 0 Å². The van der Waals surface area contributed by atoms with Crippen LogP contribution in [0.25, 0.3) is 0 Å². The number of rotatable bonds is 6. The number of hydrogen-bond acceptors (Lipinski definition) is 2. The zero-order chi connectivity index (χ0) is 12.2. The summed E-state index contributed by atoms with van der Waals surface area (Å²) in [5, 5.41) is 0. The molecule has 2 atom stereocenters. The van der Waals surface area contributed by atoms with E-state index in [9.17, 15) is 4.79 Å². The third kappa shape index (κ3) is 2.88. The van der Waals surface area contributed by atoms with E-state index in [1.54, 1.807) is 0 Å². The van der Waals surface area contributed by atoms with Crippen molar-refractivity contribution in [3.63, 3.8) is 0 Å². The van der Waals surface area contributed by atoms with E-state index in [1.807, 2.05) is 6.92 Å². The highest BCUT2D eigenvalue weighted by molar-refractivity contribution is 9.10. The van der Waals surface area contributed by atoms with Crippen molar-refractivity contribution in [2.45, 2.75) is 56.7 Å².